The second-order valence-electron chi connectivity index (χ2n) is 7.66. The number of hydrogen-bond acceptors (Lipinski definition) is 2. The molecule has 0 unspecified atom stereocenters. The maximum atomic E-state index is 5.48. The molecular weight excluding hydrogens is 350 g/mol. The molecule has 144 valence electrons. The Hall–Kier alpha value is -2.07. The Labute approximate surface area is 169 Å². The van der Waals surface area contributed by atoms with E-state index in [9.17, 15) is 0 Å². The summed E-state index contributed by atoms with van der Waals surface area (Å²) < 4.78 is 0. The lowest BCUT2D eigenvalue weighted by Crippen LogP contribution is -2.34. The zero-order chi connectivity index (χ0) is 19.2. The summed E-state index contributed by atoms with van der Waals surface area (Å²) >= 11 is 5.48. The molecule has 2 aromatic rings. The first-order valence-electron chi connectivity index (χ1n) is 10.1. The summed E-state index contributed by atoms with van der Waals surface area (Å²) in [6.07, 6.45) is 3.69. The van der Waals surface area contributed by atoms with Gasteiger partial charge in [-0.05, 0) is 79.7 Å². The quantitative estimate of drug-likeness (QED) is 0.666. The molecule has 4 heteroatoms. The Morgan fingerprint density at radius 2 is 1.85 bits per heavy atom. The summed E-state index contributed by atoms with van der Waals surface area (Å²) in [5.74, 6) is 0.786. The molecule has 3 nitrogen and oxygen atoms in total. The number of anilines is 2. The van der Waals surface area contributed by atoms with Gasteiger partial charge in [0.1, 0.15) is 0 Å². The Kier molecular flexibility index (Phi) is 6.73. The number of piperidine rings is 1. The van der Waals surface area contributed by atoms with Crippen LogP contribution >= 0.6 is 12.2 Å². The summed E-state index contributed by atoms with van der Waals surface area (Å²) in [7, 11) is 0. The summed E-state index contributed by atoms with van der Waals surface area (Å²) in [5.41, 5.74) is 4.92. The Morgan fingerprint density at radius 3 is 2.48 bits per heavy atom. The first-order chi connectivity index (χ1) is 13.0. The topological polar surface area (TPSA) is 27.3 Å². The molecule has 0 bridgehead atoms. The molecule has 2 aromatic carbocycles. The minimum Gasteiger partial charge on any atom is -0.371 e. The Balaban J connectivity index is 1.55. The molecule has 2 atom stereocenters. The third-order valence-corrected chi connectivity index (χ3v) is 5.60. The number of nitrogens with one attached hydrogen (secondary N) is 2. The maximum absolute atomic E-state index is 5.48. The van der Waals surface area contributed by atoms with Gasteiger partial charge >= 0.3 is 0 Å². The molecule has 1 aliphatic heterocycles. The van der Waals surface area contributed by atoms with Crippen LogP contribution in [0.1, 0.15) is 50.8 Å². The third-order valence-electron chi connectivity index (χ3n) is 5.38. The van der Waals surface area contributed by atoms with Gasteiger partial charge in [0, 0.05) is 24.5 Å². The fourth-order valence-electron chi connectivity index (χ4n) is 3.67. The van der Waals surface area contributed by atoms with E-state index < -0.39 is 0 Å². The summed E-state index contributed by atoms with van der Waals surface area (Å²) in [6.45, 7) is 8.98. The molecule has 27 heavy (non-hydrogen) atoms. The smallest absolute Gasteiger partial charge is 0.171 e. The van der Waals surface area contributed by atoms with E-state index in [-0.39, 0.29) is 6.04 Å². The van der Waals surface area contributed by atoms with Crippen molar-refractivity contribution in [1.29, 1.82) is 0 Å². The van der Waals surface area contributed by atoms with Crippen LogP contribution in [0, 0.1) is 5.92 Å². The average molecular weight is 382 g/mol. The molecule has 2 N–H and O–H groups in total. The van der Waals surface area contributed by atoms with Crippen molar-refractivity contribution in [2.24, 2.45) is 5.92 Å². The molecule has 1 fully saturated rings. The van der Waals surface area contributed by atoms with Crippen LogP contribution in [0.4, 0.5) is 11.4 Å². The summed E-state index contributed by atoms with van der Waals surface area (Å²) in [6, 6.07) is 17.5. The minimum absolute atomic E-state index is 0.161. The van der Waals surface area contributed by atoms with E-state index in [4.69, 9.17) is 12.2 Å². The van der Waals surface area contributed by atoms with Crippen LogP contribution in [0.5, 0.6) is 0 Å². The fourth-order valence-corrected chi connectivity index (χ4v) is 3.96. The fraction of sp³-hybridized carbons (Fsp3) is 0.435. The highest BCUT2D eigenvalue weighted by Crippen LogP contribution is 2.24. The standard InChI is InChI=1S/C23H31N3S/c1-4-19-7-11-21(12-8-19)25-23(27)24-18(3)20-9-13-22(14-10-20)26-15-5-6-17(2)16-26/h7-14,17-18H,4-6,15-16H2,1-3H3,(H2,24,25,27)/t17-,18+/m1/s1. The molecule has 1 saturated heterocycles. The second-order valence-corrected chi connectivity index (χ2v) is 8.06. The van der Waals surface area contributed by atoms with Crippen LogP contribution in [-0.2, 0) is 6.42 Å². The van der Waals surface area contributed by atoms with Gasteiger partial charge in [-0.15, -0.1) is 0 Å². The molecular formula is C23H31N3S. The van der Waals surface area contributed by atoms with Crippen molar-refractivity contribution in [2.45, 2.75) is 46.1 Å². The van der Waals surface area contributed by atoms with Crippen molar-refractivity contribution in [2.75, 3.05) is 23.3 Å². The molecule has 0 amide bonds. The number of hydrogen-bond donors (Lipinski definition) is 2. The van der Waals surface area contributed by atoms with Gasteiger partial charge in [-0.25, -0.2) is 0 Å². The van der Waals surface area contributed by atoms with Crippen molar-refractivity contribution in [3.05, 3.63) is 59.7 Å². The predicted molar refractivity (Wildman–Crippen MR) is 121 cm³/mol. The van der Waals surface area contributed by atoms with Gasteiger partial charge in [0.25, 0.3) is 0 Å². The molecule has 3 rings (SSSR count). The molecule has 0 aliphatic carbocycles. The van der Waals surface area contributed by atoms with Gasteiger partial charge in [-0.2, -0.15) is 0 Å². The molecule has 0 radical (unpaired) electrons. The lowest BCUT2D eigenvalue weighted by molar-refractivity contribution is 0.447. The monoisotopic (exact) mass is 381 g/mol. The second kappa shape index (κ2) is 9.23. The van der Waals surface area contributed by atoms with Gasteiger partial charge in [0.15, 0.2) is 5.11 Å². The minimum atomic E-state index is 0.161. The number of benzene rings is 2. The van der Waals surface area contributed by atoms with Crippen molar-refractivity contribution in [1.82, 2.24) is 5.32 Å². The van der Waals surface area contributed by atoms with Crippen LogP contribution in [0.25, 0.3) is 0 Å². The lowest BCUT2D eigenvalue weighted by atomic mass is 9.99. The van der Waals surface area contributed by atoms with Crippen molar-refractivity contribution >= 4 is 28.7 Å². The molecule has 0 saturated carbocycles. The number of rotatable bonds is 5. The predicted octanol–water partition coefficient (Wildman–Crippen LogP) is 5.53. The zero-order valence-electron chi connectivity index (χ0n) is 16.7. The van der Waals surface area contributed by atoms with Crippen LogP contribution < -0.4 is 15.5 Å². The number of aryl methyl sites for hydroxylation is 1. The van der Waals surface area contributed by atoms with E-state index in [0.29, 0.717) is 5.11 Å². The molecule has 1 aliphatic rings. The third kappa shape index (κ3) is 5.46. The maximum Gasteiger partial charge on any atom is 0.171 e. The van der Waals surface area contributed by atoms with Crippen molar-refractivity contribution in [3.63, 3.8) is 0 Å². The first-order valence-corrected chi connectivity index (χ1v) is 10.5. The zero-order valence-corrected chi connectivity index (χ0v) is 17.5. The summed E-state index contributed by atoms with van der Waals surface area (Å²) in [5, 5.41) is 7.31. The van der Waals surface area contributed by atoms with Crippen molar-refractivity contribution in [3.8, 4) is 0 Å². The summed E-state index contributed by atoms with van der Waals surface area (Å²) in [4.78, 5) is 2.50. The Bertz CT molecular complexity index is 739. The van der Waals surface area contributed by atoms with E-state index in [0.717, 1.165) is 24.6 Å². The van der Waals surface area contributed by atoms with Gasteiger partial charge in [-0.3, -0.25) is 0 Å². The van der Waals surface area contributed by atoms with Crippen LogP contribution in [-0.4, -0.2) is 18.2 Å². The highest BCUT2D eigenvalue weighted by Gasteiger charge is 2.17. The normalized spacial score (nSPS) is 18.0. The van der Waals surface area contributed by atoms with E-state index in [1.165, 1.54) is 36.2 Å². The van der Waals surface area contributed by atoms with Crippen LogP contribution in [0.15, 0.2) is 48.5 Å². The van der Waals surface area contributed by atoms with Gasteiger partial charge in [0.2, 0.25) is 0 Å². The highest BCUT2D eigenvalue weighted by atomic mass is 32.1. The SMILES string of the molecule is CCc1ccc(NC(=S)N[C@@H](C)c2ccc(N3CCC[C@@H](C)C3)cc2)cc1. The van der Waals surface area contributed by atoms with Gasteiger partial charge in [0.05, 0.1) is 6.04 Å². The van der Waals surface area contributed by atoms with Crippen LogP contribution in [0.2, 0.25) is 0 Å². The largest absolute Gasteiger partial charge is 0.371 e. The molecule has 0 spiro atoms. The van der Waals surface area contributed by atoms with E-state index in [2.05, 4.69) is 84.8 Å². The van der Waals surface area contributed by atoms with Gasteiger partial charge in [-0.1, -0.05) is 38.1 Å². The molecule has 0 aromatic heterocycles. The lowest BCUT2D eigenvalue weighted by Gasteiger charge is -2.33. The number of nitrogens with zero attached hydrogens (tertiary/aromatic N) is 1. The average Bonchev–Trinajstić information content (AvgIpc) is 2.68. The highest BCUT2D eigenvalue weighted by molar-refractivity contribution is 7.80. The Morgan fingerprint density at radius 1 is 1.15 bits per heavy atom. The molecule has 1 heterocycles. The van der Waals surface area contributed by atoms with Crippen molar-refractivity contribution < 1.29 is 0 Å². The first kappa shape index (κ1) is 19.7. The van der Waals surface area contributed by atoms with Crippen LogP contribution in [0.3, 0.4) is 0 Å². The van der Waals surface area contributed by atoms with Gasteiger partial charge < -0.3 is 15.5 Å². The number of thiocarbonyl (C=S) groups is 1. The van der Waals surface area contributed by atoms with E-state index in [1.807, 2.05) is 0 Å². The van der Waals surface area contributed by atoms with E-state index in [1.54, 1.807) is 0 Å². The van der Waals surface area contributed by atoms with E-state index >= 15 is 0 Å².